The van der Waals surface area contributed by atoms with Gasteiger partial charge in [-0.05, 0) is 62.1 Å². The number of aliphatic hydroxyl groups is 1. The number of aromatic nitrogens is 1. The van der Waals surface area contributed by atoms with Gasteiger partial charge in [-0.25, -0.2) is 0 Å². The van der Waals surface area contributed by atoms with Gasteiger partial charge in [-0.15, -0.1) is 0 Å². The second-order valence-corrected chi connectivity index (χ2v) is 10.9. The van der Waals surface area contributed by atoms with Crippen molar-refractivity contribution in [1.29, 1.82) is 0 Å². The summed E-state index contributed by atoms with van der Waals surface area (Å²) >= 11 is 0. The number of piperidine rings is 1. The Morgan fingerprint density at radius 2 is 1.88 bits per heavy atom. The summed E-state index contributed by atoms with van der Waals surface area (Å²) in [6, 6.07) is 5.84. The van der Waals surface area contributed by atoms with Crippen LogP contribution in [0.4, 0.5) is 0 Å². The van der Waals surface area contributed by atoms with Crippen LogP contribution in [0.25, 0.3) is 10.9 Å². The molecule has 0 radical (unpaired) electrons. The van der Waals surface area contributed by atoms with E-state index in [1.165, 1.54) is 10.9 Å². The van der Waals surface area contributed by atoms with E-state index in [9.17, 15) is 14.7 Å². The van der Waals surface area contributed by atoms with E-state index in [0.717, 1.165) is 68.6 Å². The standard InChI is InChI=1S/C27H35N3O4/c1-28-21-14-19(34-2)7-8-20(21)24-25(28)22(15-31)30(23(32)13-17-3-4-17)16-27(24)9-11-29(12-10-27)26(33)18-5-6-18/h7-8,14,17-18,22,31H,3-6,9-13,15-16H2,1-2H3/t22-/m0/s1. The van der Waals surface area contributed by atoms with E-state index in [-0.39, 0.29) is 29.9 Å². The van der Waals surface area contributed by atoms with Crippen LogP contribution in [-0.4, -0.2) is 64.6 Å². The zero-order chi connectivity index (χ0) is 23.6. The molecule has 7 nitrogen and oxygen atoms in total. The zero-order valence-corrected chi connectivity index (χ0v) is 20.3. The molecule has 7 heteroatoms. The van der Waals surface area contributed by atoms with Gasteiger partial charge in [-0.2, -0.15) is 0 Å². The second kappa shape index (κ2) is 8.01. The number of methoxy groups -OCH3 is 1. The van der Waals surface area contributed by atoms with Crippen LogP contribution in [-0.2, 0) is 22.1 Å². The van der Waals surface area contributed by atoms with Crippen molar-refractivity contribution in [3.8, 4) is 5.75 Å². The van der Waals surface area contributed by atoms with Gasteiger partial charge in [-0.3, -0.25) is 9.59 Å². The van der Waals surface area contributed by atoms with Crippen LogP contribution in [0.1, 0.15) is 62.2 Å². The first-order valence-corrected chi connectivity index (χ1v) is 12.8. The molecule has 2 aliphatic heterocycles. The molecule has 1 aromatic carbocycles. The number of aliphatic hydroxyl groups excluding tert-OH is 1. The number of likely N-dealkylation sites (tertiary alicyclic amines) is 1. The lowest BCUT2D eigenvalue weighted by Crippen LogP contribution is -2.56. The Labute approximate surface area is 200 Å². The average molecular weight is 466 g/mol. The highest BCUT2D eigenvalue weighted by molar-refractivity contribution is 5.90. The third-order valence-corrected chi connectivity index (χ3v) is 8.76. The summed E-state index contributed by atoms with van der Waals surface area (Å²) in [6.45, 7) is 1.99. The average Bonchev–Trinajstić information content (AvgIpc) is 3.78. The van der Waals surface area contributed by atoms with Crippen LogP contribution in [0.2, 0.25) is 0 Å². The second-order valence-electron chi connectivity index (χ2n) is 10.9. The predicted molar refractivity (Wildman–Crippen MR) is 129 cm³/mol. The Kier molecular flexibility index (Phi) is 5.17. The summed E-state index contributed by atoms with van der Waals surface area (Å²) in [5.41, 5.74) is 3.16. The van der Waals surface area contributed by atoms with Gasteiger partial charge in [-0.1, -0.05) is 0 Å². The molecule has 2 aromatic rings. The molecule has 3 heterocycles. The maximum atomic E-state index is 13.5. The molecular weight excluding hydrogens is 430 g/mol. The number of benzene rings is 1. The van der Waals surface area contributed by atoms with Crippen molar-refractivity contribution in [2.45, 2.75) is 56.4 Å². The lowest BCUT2D eigenvalue weighted by Gasteiger charge is -2.50. The molecule has 182 valence electrons. The maximum absolute atomic E-state index is 13.5. The fraction of sp³-hybridized carbons (Fsp3) is 0.630. The minimum Gasteiger partial charge on any atom is -0.497 e. The molecule has 6 rings (SSSR count). The Balaban J connectivity index is 1.45. The number of carbonyl (C=O) groups is 2. The van der Waals surface area contributed by atoms with Gasteiger partial charge in [0.15, 0.2) is 0 Å². The molecule has 2 aliphatic carbocycles. The molecule has 2 amide bonds. The third kappa shape index (κ3) is 3.43. The smallest absolute Gasteiger partial charge is 0.225 e. The minimum absolute atomic E-state index is 0.0902. The summed E-state index contributed by atoms with van der Waals surface area (Å²) in [6.07, 6.45) is 6.57. The minimum atomic E-state index is -0.346. The quantitative estimate of drug-likeness (QED) is 0.736. The lowest BCUT2D eigenvalue weighted by atomic mass is 9.68. The molecule has 1 saturated heterocycles. The number of aryl methyl sites for hydroxylation is 1. The van der Waals surface area contributed by atoms with Crippen molar-refractivity contribution < 1.29 is 19.4 Å². The first kappa shape index (κ1) is 22.0. The molecule has 3 fully saturated rings. The normalized spacial score (nSPS) is 23.9. The summed E-state index contributed by atoms with van der Waals surface area (Å²) in [7, 11) is 3.71. The van der Waals surface area contributed by atoms with Crippen molar-refractivity contribution >= 4 is 22.7 Å². The summed E-state index contributed by atoms with van der Waals surface area (Å²) in [5, 5.41) is 11.7. The third-order valence-electron chi connectivity index (χ3n) is 8.76. The maximum Gasteiger partial charge on any atom is 0.225 e. The number of rotatable bonds is 5. The predicted octanol–water partition coefficient (Wildman–Crippen LogP) is 3.13. The van der Waals surface area contributed by atoms with Crippen LogP contribution in [0.3, 0.4) is 0 Å². The molecule has 1 aromatic heterocycles. The van der Waals surface area contributed by atoms with E-state index in [1.807, 2.05) is 22.9 Å². The first-order chi connectivity index (χ1) is 16.5. The lowest BCUT2D eigenvalue weighted by molar-refractivity contribution is -0.140. The molecule has 34 heavy (non-hydrogen) atoms. The van der Waals surface area contributed by atoms with Gasteiger partial charge in [0.05, 0.1) is 25.3 Å². The van der Waals surface area contributed by atoms with Crippen molar-refractivity contribution in [1.82, 2.24) is 14.4 Å². The number of hydrogen-bond donors (Lipinski definition) is 1. The molecule has 1 spiro atoms. The fourth-order valence-electron chi connectivity index (χ4n) is 6.46. The van der Waals surface area contributed by atoms with E-state index < -0.39 is 0 Å². The summed E-state index contributed by atoms with van der Waals surface area (Å²) in [5.74, 6) is 2.00. The number of hydrogen-bond acceptors (Lipinski definition) is 4. The Morgan fingerprint density at radius 3 is 2.50 bits per heavy atom. The van der Waals surface area contributed by atoms with Gasteiger partial charge >= 0.3 is 0 Å². The number of fused-ring (bicyclic) bond motifs is 4. The highest BCUT2D eigenvalue weighted by Crippen LogP contribution is 2.51. The molecule has 0 bridgehead atoms. The highest BCUT2D eigenvalue weighted by Gasteiger charge is 2.50. The summed E-state index contributed by atoms with van der Waals surface area (Å²) < 4.78 is 7.67. The van der Waals surface area contributed by atoms with Crippen molar-refractivity contribution in [3.63, 3.8) is 0 Å². The fourth-order valence-corrected chi connectivity index (χ4v) is 6.46. The van der Waals surface area contributed by atoms with Crippen molar-refractivity contribution in [2.24, 2.45) is 18.9 Å². The van der Waals surface area contributed by atoms with E-state index in [2.05, 4.69) is 16.7 Å². The number of nitrogens with zero attached hydrogens (tertiary/aromatic N) is 3. The van der Waals surface area contributed by atoms with Gasteiger partial charge < -0.3 is 24.2 Å². The van der Waals surface area contributed by atoms with E-state index in [0.29, 0.717) is 24.8 Å². The number of carbonyl (C=O) groups excluding carboxylic acids is 2. The van der Waals surface area contributed by atoms with Crippen molar-refractivity contribution in [2.75, 3.05) is 33.4 Å². The molecule has 1 atom stereocenters. The van der Waals surface area contributed by atoms with E-state index >= 15 is 0 Å². The van der Waals surface area contributed by atoms with Gasteiger partial charge in [0.2, 0.25) is 11.8 Å². The van der Waals surface area contributed by atoms with Crippen LogP contribution in [0.5, 0.6) is 5.75 Å². The Bertz CT molecular complexity index is 1140. The van der Waals surface area contributed by atoms with Crippen LogP contribution >= 0.6 is 0 Å². The van der Waals surface area contributed by atoms with Crippen LogP contribution in [0.15, 0.2) is 18.2 Å². The number of ether oxygens (including phenoxy) is 1. The first-order valence-electron chi connectivity index (χ1n) is 12.8. The van der Waals surface area contributed by atoms with Gasteiger partial charge in [0, 0.05) is 61.6 Å². The Morgan fingerprint density at radius 1 is 1.15 bits per heavy atom. The van der Waals surface area contributed by atoms with Crippen LogP contribution in [0, 0.1) is 11.8 Å². The molecular formula is C27H35N3O4. The zero-order valence-electron chi connectivity index (χ0n) is 20.3. The monoisotopic (exact) mass is 465 g/mol. The van der Waals surface area contributed by atoms with E-state index in [1.54, 1.807) is 7.11 Å². The highest BCUT2D eigenvalue weighted by atomic mass is 16.5. The number of amides is 2. The largest absolute Gasteiger partial charge is 0.497 e. The SMILES string of the molecule is COc1ccc2c3c(n(C)c2c1)[C@H](CO)N(C(=O)CC1CC1)CC31CCN(C(=O)C2CC2)CC1. The molecule has 1 N–H and O–H groups in total. The molecule has 2 saturated carbocycles. The van der Waals surface area contributed by atoms with Gasteiger partial charge in [0.1, 0.15) is 5.75 Å². The van der Waals surface area contributed by atoms with E-state index in [4.69, 9.17) is 4.74 Å². The molecule has 0 unspecified atom stereocenters. The Hall–Kier alpha value is -2.54. The van der Waals surface area contributed by atoms with Gasteiger partial charge in [0.25, 0.3) is 0 Å². The van der Waals surface area contributed by atoms with Crippen LogP contribution < -0.4 is 4.74 Å². The van der Waals surface area contributed by atoms with Crippen molar-refractivity contribution in [3.05, 3.63) is 29.5 Å². The molecule has 4 aliphatic rings. The summed E-state index contributed by atoms with van der Waals surface area (Å²) in [4.78, 5) is 30.3. The topological polar surface area (TPSA) is 75.0 Å².